The van der Waals surface area contributed by atoms with Gasteiger partial charge in [-0.25, -0.2) is 0 Å². The average molecular weight is 268 g/mol. The van der Waals surface area contributed by atoms with E-state index in [4.69, 9.17) is 0 Å². The van der Waals surface area contributed by atoms with Gasteiger partial charge in [-0.05, 0) is 12.1 Å². The van der Waals surface area contributed by atoms with Gasteiger partial charge in [0.1, 0.15) is 0 Å². The highest BCUT2D eigenvalue weighted by atomic mass is 16.6. The molecule has 1 aromatic rings. The second kappa shape index (κ2) is 6.34. The summed E-state index contributed by atoms with van der Waals surface area (Å²) in [6.07, 6.45) is 0.0151. The summed E-state index contributed by atoms with van der Waals surface area (Å²) in [7, 11) is 1.23. The Labute approximate surface area is 108 Å². The zero-order valence-electron chi connectivity index (χ0n) is 10.1. The molecule has 0 aliphatic heterocycles. The summed E-state index contributed by atoms with van der Waals surface area (Å²) in [5.74, 6) is -1.61. The number of rotatable bonds is 5. The molecule has 0 radical (unpaired) electrons. The number of hydrogen-bond acceptors (Lipinski definition) is 6. The number of phenols is 1. The van der Waals surface area contributed by atoms with E-state index in [-0.39, 0.29) is 18.5 Å². The van der Waals surface area contributed by atoms with Crippen molar-refractivity contribution in [2.75, 3.05) is 13.7 Å². The highest BCUT2D eigenvalue weighted by molar-refractivity contribution is 5.95. The van der Waals surface area contributed by atoms with E-state index in [1.165, 1.54) is 13.2 Å². The molecular weight excluding hydrogens is 256 g/mol. The van der Waals surface area contributed by atoms with Crippen LogP contribution in [0.1, 0.15) is 16.8 Å². The van der Waals surface area contributed by atoms with Crippen molar-refractivity contribution < 1.29 is 24.4 Å². The average Bonchev–Trinajstić information content (AvgIpc) is 2.37. The van der Waals surface area contributed by atoms with Crippen LogP contribution in [0.5, 0.6) is 5.75 Å². The van der Waals surface area contributed by atoms with E-state index in [9.17, 15) is 24.8 Å². The van der Waals surface area contributed by atoms with Gasteiger partial charge >= 0.3 is 11.7 Å². The highest BCUT2D eigenvalue weighted by Crippen LogP contribution is 2.26. The van der Waals surface area contributed by atoms with Gasteiger partial charge in [0, 0.05) is 18.2 Å². The summed E-state index contributed by atoms with van der Waals surface area (Å²) in [6.45, 7) is 0.0727. The van der Waals surface area contributed by atoms with Crippen LogP contribution in [0.3, 0.4) is 0 Å². The maximum absolute atomic E-state index is 11.6. The molecule has 0 atom stereocenters. The number of amides is 1. The second-order valence-electron chi connectivity index (χ2n) is 3.54. The third-order valence-corrected chi connectivity index (χ3v) is 2.28. The van der Waals surface area contributed by atoms with Crippen LogP contribution in [-0.4, -0.2) is 35.6 Å². The van der Waals surface area contributed by atoms with Crippen molar-refractivity contribution in [3.05, 3.63) is 33.9 Å². The number of ether oxygens (including phenoxy) is 1. The Hall–Kier alpha value is -2.64. The van der Waals surface area contributed by atoms with Gasteiger partial charge in [0.2, 0.25) is 0 Å². The predicted molar refractivity (Wildman–Crippen MR) is 63.7 cm³/mol. The molecule has 2 N–H and O–H groups in total. The largest absolute Gasteiger partial charge is 0.502 e. The van der Waals surface area contributed by atoms with Gasteiger partial charge in [-0.1, -0.05) is 0 Å². The van der Waals surface area contributed by atoms with Crippen molar-refractivity contribution in [1.82, 2.24) is 5.32 Å². The molecule has 19 heavy (non-hydrogen) atoms. The van der Waals surface area contributed by atoms with Gasteiger partial charge < -0.3 is 15.2 Å². The number of carbonyl (C=O) groups is 2. The number of aromatic hydroxyl groups is 1. The molecule has 0 aromatic heterocycles. The Bertz CT molecular complexity index is 514. The van der Waals surface area contributed by atoms with Crippen molar-refractivity contribution >= 4 is 17.6 Å². The zero-order valence-corrected chi connectivity index (χ0v) is 10.1. The minimum atomic E-state index is -0.756. The molecule has 0 heterocycles. The molecule has 8 nitrogen and oxygen atoms in total. The zero-order chi connectivity index (χ0) is 14.4. The molecule has 0 aliphatic carbocycles. The number of hydrogen-bond donors (Lipinski definition) is 2. The Kier molecular flexibility index (Phi) is 4.81. The summed E-state index contributed by atoms with van der Waals surface area (Å²) >= 11 is 0. The smallest absolute Gasteiger partial charge is 0.310 e. The minimum absolute atomic E-state index is 0.0151. The predicted octanol–water partition coefficient (Wildman–Crippen LogP) is 0.593. The number of nitro groups is 1. The first kappa shape index (κ1) is 14.4. The molecule has 1 aromatic carbocycles. The number of nitrogens with one attached hydrogen (secondary N) is 1. The van der Waals surface area contributed by atoms with Gasteiger partial charge in [0.25, 0.3) is 5.91 Å². The lowest BCUT2D eigenvalue weighted by Gasteiger charge is -2.05. The Morgan fingerprint density at radius 3 is 2.68 bits per heavy atom. The van der Waals surface area contributed by atoms with Crippen LogP contribution < -0.4 is 5.32 Å². The van der Waals surface area contributed by atoms with Crippen molar-refractivity contribution in [3.8, 4) is 5.75 Å². The number of esters is 1. The molecule has 8 heteroatoms. The van der Waals surface area contributed by atoms with Crippen LogP contribution in [0, 0.1) is 10.1 Å². The Morgan fingerprint density at radius 1 is 1.47 bits per heavy atom. The monoisotopic (exact) mass is 268 g/mol. The van der Waals surface area contributed by atoms with Gasteiger partial charge in [0.05, 0.1) is 18.5 Å². The van der Waals surface area contributed by atoms with Crippen molar-refractivity contribution in [3.63, 3.8) is 0 Å². The fourth-order valence-corrected chi connectivity index (χ4v) is 1.30. The molecule has 0 bridgehead atoms. The minimum Gasteiger partial charge on any atom is -0.502 e. The van der Waals surface area contributed by atoms with E-state index in [1.54, 1.807) is 0 Å². The number of benzene rings is 1. The topological polar surface area (TPSA) is 119 Å². The number of phenolic OH excluding ortho intramolecular Hbond substituents is 1. The Balaban J connectivity index is 2.65. The van der Waals surface area contributed by atoms with Crippen molar-refractivity contribution in [2.45, 2.75) is 6.42 Å². The summed E-state index contributed by atoms with van der Waals surface area (Å²) in [5, 5.41) is 22.3. The van der Waals surface area contributed by atoms with Crippen LogP contribution in [0.2, 0.25) is 0 Å². The number of nitrogens with zero attached hydrogens (tertiary/aromatic N) is 1. The van der Waals surface area contributed by atoms with Gasteiger partial charge in [-0.3, -0.25) is 19.7 Å². The normalized spacial score (nSPS) is 9.74. The summed E-state index contributed by atoms with van der Waals surface area (Å²) in [4.78, 5) is 32.1. The van der Waals surface area contributed by atoms with E-state index in [0.29, 0.717) is 0 Å². The van der Waals surface area contributed by atoms with E-state index in [0.717, 1.165) is 12.1 Å². The van der Waals surface area contributed by atoms with Crippen LogP contribution >= 0.6 is 0 Å². The van der Waals surface area contributed by atoms with Crippen LogP contribution in [0.15, 0.2) is 18.2 Å². The van der Waals surface area contributed by atoms with Gasteiger partial charge in [0.15, 0.2) is 5.75 Å². The summed E-state index contributed by atoms with van der Waals surface area (Å²) in [5.41, 5.74) is -0.418. The van der Waals surface area contributed by atoms with Gasteiger partial charge in [-0.2, -0.15) is 0 Å². The summed E-state index contributed by atoms with van der Waals surface area (Å²) in [6, 6.07) is 3.24. The molecular formula is C11H12N2O6. The summed E-state index contributed by atoms with van der Waals surface area (Å²) < 4.78 is 4.39. The number of carbonyl (C=O) groups excluding carboxylic acids is 2. The standard InChI is InChI=1S/C11H12N2O6/c1-19-10(15)4-5-12-11(16)7-2-3-8(13(17)18)9(14)6-7/h2-3,6,14H,4-5H2,1H3,(H,12,16). The van der Waals surface area contributed by atoms with Gasteiger partial charge in [-0.15, -0.1) is 0 Å². The van der Waals surface area contributed by atoms with Crippen LogP contribution in [0.25, 0.3) is 0 Å². The van der Waals surface area contributed by atoms with Crippen molar-refractivity contribution in [1.29, 1.82) is 0 Å². The van der Waals surface area contributed by atoms with E-state index >= 15 is 0 Å². The van der Waals surface area contributed by atoms with E-state index in [1.807, 2.05) is 0 Å². The maximum atomic E-state index is 11.6. The fraction of sp³-hybridized carbons (Fsp3) is 0.273. The molecule has 1 rings (SSSR count). The lowest BCUT2D eigenvalue weighted by molar-refractivity contribution is -0.385. The highest BCUT2D eigenvalue weighted by Gasteiger charge is 2.15. The third kappa shape index (κ3) is 3.95. The fourth-order valence-electron chi connectivity index (χ4n) is 1.30. The molecule has 0 unspecified atom stereocenters. The maximum Gasteiger partial charge on any atom is 0.310 e. The third-order valence-electron chi connectivity index (χ3n) is 2.28. The van der Waals surface area contributed by atoms with Crippen LogP contribution in [-0.2, 0) is 9.53 Å². The number of nitro benzene ring substituents is 1. The van der Waals surface area contributed by atoms with Crippen LogP contribution in [0.4, 0.5) is 5.69 Å². The Morgan fingerprint density at radius 2 is 2.16 bits per heavy atom. The molecule has 0 fully saturated rings. The van der Waals surface area contributed by atoms with E-state index < -0.39 is 28.2 Å². The lowest BCUT2D eigenvalue weighted by atomic mass is 10.2. The molecule has 0 aliphatic rings. The molecule has 102 valence electrons. The molecule has 0 saturated heterocycles. The first-order valence-corrected chi connectivity index (χ1v) is 5.28. The molecule has 0 saturated carbocycles. The number of methoxy groups -OCH3 is 1. The second-order valence-corrected chi connectivity index (χ2v) is 3.54. The molecule has 0 spiro atoms. The first-order valence-electron chi connectivity index (χ1n) is 5.28. The lowest BCUT2D eigenvalue weighted by Crippen LogP contribution is -2.26. The van der Waals surface area contributed by atoms with Crippen molar-refractivity contribution in [2.24, 2.45) is 0 Å². The quantitative estimate of drug-likeness (QED) is 0.458. The first-order chi connectivity index (χ1) is 8.95. The molecule has 1 amide bonds. The van der Waals surface area contributed by atoms with E-state index in [2.05, 4.69) is 10.1 Å². The SMILES string of the molecule is COC(=O)CCNC(=O)c1ccc([N+](=O)[O-])c(O)c1.